The summed E-state index contributed by atoms with van der Waals surface area (Å²) in [7, 11) is 0. The Morgan fingerprint density at radius 3 is 1.24 bits per heavy atom. The minimum atomic E-state index is 0.957. The third kappa shape index (κ3) is 1.67. The van der Waals surface area contributed by atoms with E-state index in [1.807, 2.05) is 0 Å². The second kappa shape index (κ2) is 5.62. The highest BCUT2D eigenvalue weighted by Crippen LogP contribution is 2.97. The van der Waals surface area contributed by atoms with Crippen LogP contribution in [0, 0.1) is 182 Å². The van der Waals surface area contributed by atoms with Crippen molar-refractivity contribution in [1.29, 1.82) is 0 Å². The van der Waals surface area contributed by atoms with Crippen LogP contribution < -0.4 is 0 Å². The van der Waals surface area contributed by atoms with E-state index in [0.717, 1.165) is 40.4 Å². The Balaban J connectivity index is 0.828. The quantitative estimate of drug-likeness (QED) is 0.292. The normalized spacial score (nSPS) is 84.4. The smallest absolute Gasteiger partial charge is 0.0229 e. The monoisotopic (exact) mass is 546 g/mol. The van der Waals surface area contributed by atoms with E-state index in [1.54, 1.807) is 32.1 Å². The molecule has 15 fully saturated rings. The summed E-state index contributed by atoms with van der Waals surface area (Å²) < 4.78 is 0. The van der Waals surface area contributed by atoms with Gasteiger partial charge >= 0.3 is 0 Å². The fraction of sp³-hybridized carbons (Fsp3) is 1.00. The van der Waals surface area contributed by atoms with Crippen molar-refractivity contribution in [3.8, 4) is 0 Å². The van der Waals surface area contributed by atoms with Crippen LogP contribution >= 0.6 is 0 Å². The molecule has 218 valence electrons. The molecule has 29 unspecified atom stereocenters. The molecule has 0 aliphatic heterocycles. The van der Waals surface area contributed by atoms with E-state index in [9.17, 15) is 0 Å². The molecular formula is C41H54. The molecule has 0 heteroatoms. The number of rotatable bonds is 1. The van der Waals surface area contributed by atoms with Crippen LogP contribution in [0.25, 0.3) is 0 Å². The molecule has 0 heterocycles. The first-order valence-corrected chi connectivity index (χ1v) is 19.9. The van der Waals surface area contributed by atoms with Crippen LogP contribution in [0.3, 0.4) is 0 Å². The molecule has 0 saturated heterocycles. The lowest BCUT2D eigenvalue weighted by Gasteiger charge is -2.88. The zero-order chi connectivity index (χ0) is 26.3. The summed E-state index contributed by atoms with van der Waals surface area (Å²) >= 11 is 0. The van der Waals surface area contributed by atoms with Gasteiger partial charge in [0.15, 0.2) is 0 Å². The standard InChI is InChI=1S/C41H54/c1-11-12(2)19-26(18(11)16-10-17-37(16)40(17)6-7-40)31-28(19)33-34(31)29-23-14(4)20-21(23)13(3)22(20)27-24-15(5)25-36(30(24)32(27)35(29)33)39-38(25)41(39)8-9-41/h11-39H,6-10H2,1-5H3. The van der Waals surface area contributed by atoms with Gasteiger partial charge in [-0.25, -0.2) is 0 Å². The van der Waals surface area contributed by atoms with Gasteiger partial charge in [-0.1, -0.05) is 34.6 Å². The van der Waals surface area contributed by atoms with Crippen LogP contribution in [-0.2, 0) is 0 Å². The summed E-state index contributed by atoms with van der Waals surface area (Å²) in [6.45, 7) is 14.0. The molecular weight excluding hydrogens is 492 g/mol. The van der Waals surface area contributed by atoms with Crippen LogP contribution in [-0.4, -0.2) is 0 Å². The summed E-state index contributed by atoms with van der Waals surface area (Å²) in [6, 6.07) is 0. The minimum Gasteiger partial charge on any atom is -0.0620 e. The summed E-state index contributed by atoms with van der Waals surface area (Å²) in [4.78, 5) is 0. The van der Waals surface area contributed by atoms with Crippen LogP contribution in [0.1, 0.15) is 66.7 Å². The minimum absolute atomic E-state index is 0.957. The molecule has 15 aliphatic rings. The fourth-order valence-electron chi connectivity index (χ4n) is 22.4. The topological polar surface area (TPSA) is 0 Å². The average molecular weight is 547 g/mol. The molecule has 15 rings (SSSR count). The van der Waals surface area contributed by atoms with Crippen LogP contribution in [0.15, 0.2) is 0 Å². The van der Waals surface area contributed by atoms with E-state index in [0.29, 0.717) is 0 Å². The molecule has 4 bridgehead atoms. The molecule has 15 aliphatic carbocycles. The van der Waals surface area contributed by atoms with Crippen molar-refractivity contribution in [2.45, 2.75) is 66.7 Å². The van der Waals surface area contributed by atoms with Crippen molar-refractivity contribution in [3.05, 3.63) is 0 Å². The Morgan fingerprint density at radius 1 is 0.317 bits per heavy atom. The third-order valence-electron chi connectivity index (χ3n) is 23.2. The molecule has 0 radical (unpaired) electrons. The van der Waals surface area contributed by atoms with Gasteiger partial charge < -0.3 is 0 Å². The molecule has 0 aromatic heterocycles. The lowest BCUT2D eigenvalue weighted by Crippen LogP contribution is -2.84. The second-order valence-electron chi connectivity index (χ2n) is 21.8. The highest BCUT2D eigenvalue weighted by atomic mass is 15.0. The van der Waals surface area contributed by atoms with E-state index in [4.69, 9.17) is 0 Å². The largest absolute Gasteiger partial charge is 0.0620 e. The molecule has 0 amide bonds. The predicted octanol–water partition coefficient (Wildman–Crippen LogP) is 8.08. The molecule has 0 N–H and O–H groups in total. The molecule has 0 aromatic rings. The van der Waals surface area contributed by atoms with Gasteiger partial charge in [0.2, 0.25) is 0 Å². The number of hydrogen-bond donors (Lipinski definition) is 0. The van der Waals surface area contributed by atoms with Crippen molar-refractivity contribution < 1.29 is 0 Å². The Labute approximate surface area is 248 Å². The van der Waals surface area contributed by atoms with Gasteiger partial charge in [0.25, 0.3) is 0 Å². The average Bonchev–Trinajstić information content (AvgIpc) is 3.83. The fourth-order valence-corrected chi connectivity index (χ4v) is 22.4. The highest BCUT2D eigenvalue weighted by molar-refractivity contribution is 5.39. The number of fused-ring (bicyclic) bond motifs is 27. The lowest BCUT2D eigenvalue weighted by atomic mass is 9.17. The Hall–Kier alpha value is 0. The zero-order valence-electron chi connectivity index (χ0n) is 26.3. The predicted molar refractivity (Wildman–Crippen MR) is 158 cm³/mol. The second-order valence-corrected chi connectivity index (χ2v) is 21.8. The summed E-state index contributed by atoms with van der Waals surface area (Å²) in [5, 5.41) is 0. The first-order chi connectivity index (χ1) is 19.9. The van der Waals surface area contributed by atoms with Gasteiger partial charge in [0, 0.05) is 0 Å². The maximum atomic E-state index is 2.82. The first kappa shape index (κ1) is 21.7. The maximum absolute atomic E-state index is 2.82. The molecule has 0 aromatic carbocycles. The SMILES string of the molecule is CC1C(C)C2C(C1C1CC3C1C31CC1)C1C2C2C1C1C3C(C)C4C3C(C)C4C3C4C(C)C5C(C4C3C12)C1C5C12CC2. The van der Waals surface area contributed by atoms with E-state index in [1.165, 1.54) is 142 Å². The molecule has 15 saturated carbocycles. The third-order valence-corrected chi connectivity index (χ3v) is 23.2. The summed E-state index contributed by atoms with van der Waals surface area (Å²) in [5.74, 6) is 34.5. The van der Waals surface area contributed by atoms with E-state index in [2.05, 4.69) is 34.6 Å². The van der Waals surface area contributed by atoms with Crippen molar-refractivity contribution in [2.24, 2.45) is 182 Å². The van der Waals surface area contributed by atoms with E-state index in [-0.39, 0.29) is 0 Å². The Bertz CT molecular complexity index is 1380. The Morgan fingerprint density at radius 2 is 0.683 bits per heavy atom. The molecule has 41 heavy (non-hydrogen) atoms. The van der Waals surface area contributed by atoms with Crippen molar-refractivity contribution in [2.75, 3.05) is 0 Å². The lowest BCUT2D eigenvalue weighted by molar-refractivity contribution is -0.411. The first-order valence-electron chi connectivity index (χ1n) is 19.9. The zero-order valence-corrected chi connectivity index (χ0v) is 26.3. The van der Waals surface area contributed by atoms with Crippen molar-refractivity contribution in [1.82, 2.24) is 0 Å². The van der Waals surface area contributed by atoms with E-state index >= 15 is 0 Å². The molecule has 2 spiro atoms. The van der Waals surface area contributed by atoms with Gasteiger partial charge in [0.05, 0.1) is 0 Å². The van der Waals surface area contributed by atoms with Gasteiger partial charge in [-0.3, -0.25) is 0 Å². The van der Waals surface area contributed by atoms with Gasteiger partial charge in [-0.15, -0.1) is 0 Å². The maximum Gasteiger partial charge on any atom is -0.0229 e. The summed E-state index contributed by atoms with van der Waals surface area (Å²) in [6.07, 6.45) is 8.27. The van der Waals surface area contributed by atoms with Crippen LogP contribution in [0.5, 0.6) is 0 Å². The van der Waals surface area contributed by atoms with Crippen LogP contribution in [0.2, 0.25) is 0 Å². The van der Waals surface area contributed by atoms with Crippen molar-refractivity contribution >= 4 is 0 Å². The highest BCUT2D eigenvalue weighted by Gasteiger charge is 2.92. The molecule has 29 atom stereocenters. The van der Waals surface area contributed by atoms with Gasteiger partial charge in [0.1, 0.15) is 0 Å². The van der Waals surface area contributed by atoms with Gasteiger partial charge in [-0.05, 0) is 215 Å². The Kier molecular flexibility index (Phi) is 2.98. The van der Waals surface area contributed by atoms with Gasteiger partial charge in [-0.2, -0.15) is 0 Å². The van der Waals surface area contributed by atoms with Crippen molar-refractivity contribution in [3.63, 3.8) is 0 Å². The molecule has 0 nitrogen and oxygen atoms in total. The van der Waals surface area contributed by atoms with Crippen LogP contribution in [0.4, 0.5) is 0 Å². The summed E-state index contributed by atoms with van der Waals surface area (Å²) in [5.41, 5.74) is 1.92. The number of hydrogen-bond acceptors (Lipinski definition) is 0. The van der Waals surface area contributed by atoms with E-state index < -0.39 is 0 Å².